The van der Waals surface area contributed by atoms with E-state index in [4.69, 9.17) is 14.7 Å². The van der Waals surface area contributed by atoms with Crippen LogP contribution in [0.3, 0.4) is 0 Å². The first-order valence-corrected chi connectivity index (χ1v) is 8.57. The van der Waals surface area contributed by atoms with Gasteiger partial charge in [0.2, 0.25) is 0 Å². The number of benzene rings is 2. The maximum atomic E-state index is 14.1. The van der Waals surface area contributed by atoms with Crippen LogP contribution in [0.5, 0.6) is 11.5 Å². The van der Waals surface area contributed by atoms with Gasteiger partial charge < -0.3 is 9.47 Å². The van der Waals surface area contributed by atoms with Gasteiger partial charge >= 0.3 is 0 Å². The number of nitriles is 1. The number of ether oxygens (including phenoxy) is 2. The molecule has 0 bridgehead atoms. The van der Waals surface area contributed by atoms with E-state index in [9.17, 15) is 4.39 Å². The summed E-state index contributed by atoms with van der Waals surface area (Å²) in [5.41, 5.74) is 2.23. The fourth-order valence-corrected chi connectivity index (χ4v) is 3.64. The van der Waals surface area contributed by atoms with Gasteiger partial charge in [-0.05, 0) is 55.3 Å². The van der Waals surface area contributed by atoms with Gasteiger partial charge in [0.05, 0.1) is 11.6 Å². The van der Waals surface area contributed by atoms with Crippen LogP contribution in [0.1, 0.15) is 35.6 Å². The van der Waals surface area contributed by atoms with Crippen molar-refractivity contribution in [1.29, 1.82) is 5.26 Å². The van der Waals surface area contributed by atoms with Crippen LogP contribution in [0, 0.1) is 17.1 Å². The molecule has 2 heterocycles. The summed E-state index contributed by atoms with van der Waals surface area (Å²) >= 11 is 0. The van der Waals surface area contributed by atoms with Gasteiger partial charge in [0, 0.05) is 18.2 Å². The van der Waals surface area contributed by atoms with E-state index in [1.54, 1.807) is 6.07 Å². The molecule has 128 valence electrons. The Bertz CT molecular complexity index is 831. The quantitative estimate of drug-likeness (QED) is 0.854. The van der Waals surface area contributed by atoms with Crippen LogP contribution in [0.4, 0.5) is 4.39 Å². The lowest BCUT2D eigenvalue weighted by Crippen LogP contribution is -2.24. The minimum absolute atomic E-state index is 0.223. The van der Waals surface area contributed by atoms with Gasteiger partial charge in [-0.1, -0.05) is 6.07 Å². The summed E-state index contributed by atoms with van der Waals surface area (Å²) in [6, 6.07) is 12.9. The minimum Gasteiger partial charge on any atom is -0.486 e. The Morgan fingerprint density at radius 2 is 1.96 bits per heavy atom. The molecule has 0 aliphatic carbocycles. The Morgan fingerprint density at radius 1 is 1.12 bits per heavy atom. The molecule has 0 amide bonds. The first-order valence-electron chi connectivity index (χ1n) is 8.57. The fourth-order valence-electron chi connectivity index (χ4n) is 3.64. The van der Waals surface area contributed by atoms with E-state index in [1.807, 2.05) is 12.1 Å². The molecule has 5 heteroatoms. The first kappa shape index (κ1) is 15.9. The van der Waals surface area contributed by atoms with E-state index in [-0.39, 0.29) is 11.9 Å². The third kappa shape index (κ3) is 3.18. The fraction of sp³-hybridized carbons (Fsp3) is 0.350. The molecular formula is C20H19FN2O2. The van der Waals surface area contributed by atoms with Crippen molar-refractivity contribution in [2.24, 2.45) is 0 Å². The normalized spacial score (nSPS) is 19.6. The monoisotopic (exact) mass is 338 g/mol. The highest BCUT2D eigenvalue weighted by Gasteiger charge is 2.28. The molecule has 2 aliphatic rings. The van der Waals surface area contributed by atoms with Crippen molar-refractivity contribution in [3.63, 3.8) is 0 Å². The second kappa shape index (κ2) is 6.73. The van der Waals surface area contributed by atoms with Crippen LogP contribution in [0.15, 0.2) is 36.4 Å². The van der Waals surface area contributed by atoms with Crippen molar-refractivity contribution in [2.75, 3.05) is 19.8 Å². The third-order valence-corrected chi connectivity index (χ3v) is 4.86. The van der Waals surface area contributed by atoms with E-state index in [1.165, 1.54) is 17.7 Å². The largest absolute Gasteiger partial charge is 0.486 e. The number of likely N-dealkylation sites (tertiary alicyclic amines) is 1. The molecule has 1 saturated heterocycles. The number of nitrogens with zero attached hydrogens (tertiary/aromatic N) is 2. The summed E-state index contributed by atoms with van der Waals surface area (Å²) in [4.78, 5) is 2.27. The topological polar surface area (TPSA) is 45.5 Å². The molecule has 25 heavy (non-hydrogen) atoms. The molecular weight excluding hydrogens is 319 g/mol. The molecule has 4 rings (SSSR count). The number of rotatable bonds is 3. The highest BCUT2D eigenvalue weighted by atomic mass is 19.1. The van der Waals surface area contributed by atoms with E-state index >= 15 is 0 Å². The van der Waals surface area contributed by atoms with Gasteiger partial charge in [-0.25, -0.2) is 4.39 Å². The van der Waals surface area contributed by atoms with Crippen LogP contribution >= 0.6 is 0 Å². The van der Waals surface area contributed by atoms with Crippen LogP contribution < -0.4 is 9.47 Å². The Morgan fingerprint density at radius 3 is 2.80 bits per heavy atom. The average Bonchev–Trinajstić information content (AvgIpc) is 3.11. The van der Waals surface area contributed by atoms with Crippen molar-refractivity contribution in [2.45, 2.75) is 25.4 Å². The SMILES string of the molecule is N#Cc1ccc(F)c(CN2CCC[C@H]2c2ccc3c(c2)OCCO3)c1. The molecule has 1 atom stereocenters. The average molecular weight is 338 g/mol. The maximum Gasteiger partial charge on any atom is 0.161 e. The molecule has 0 aromatic heterocycles. The van der Waals surface area contributed by atoms with Gasteiger partial charge in [0.15, 0.2) is 11.5 Å². The van der Waals surface area contributed by atoms with Gasteiger partial charge in [0.1, 0.15) is 19.0 Å². The zero-order valence-corrected chi connectivity index (χ0v) is 13.9. The standard InChI is InChI=1S/C20H19FN2O2/c21-17-5-3-14(12-22)10-16(17)13-23-7-1-2-18(23)15-4-6-19-20(11-15)25-9-8-24-19/h3-6,10-11,18H,1-2,7-9,13H2/t18-/m0/s1. The minimum atomic E-state index is -0.258. The summed E-state index contributed by atoms with van der Waals surface area (Å²) in [6.07, 6.45) is 2.10. The second-order valence-corrected chi connectivity index (χ2v) is 6.45. The lowest BCUT2D eigenvalue weighted by Gasteiger charge is -2.26. The lowest BCUT2D eigenvalue weighted by atomic mass is 10.0. The van der Waals surface area contributed by atoms with E-state index in [0.717, 1.165) is 30.9 Å². The van der Waals surface area contributed by atoms with Crippen molar-refractivity contribution in [3.05, 3.63) is 58.9 Å². The van der Waals surface area contributed by atoms with Gasteiger partial charge in [-0.2, -0.15) is 5.26 Å². The first-order chi connectivity index (χ1) is 12.2. The summed E-state index contributed by atoms with van der Waals surface area (Å²) in [5, 5.41) is 9.04. The van der Waals surface area contributed by atoms with Crippen molar-refractivity contribution in [1.82, 2.24) is 4.90 Å². The second-order valence-electron chi connectivity index (χ2n) is 6.45. The van der Waals surface area contributed by atoms with E-state index in [2.05, 4.69) is 17.0 Å². The molecule has 2 aliphatic heterocycles. The molecule has 0 radical (unpaired) electrons. The maximum absolute atomic E-state index is 14.1. The zero-order valence-electron chi connectivity index (χ0n) is 13.9. The molecule has 0 spiro atoms. The van der Waals surface area contributed by atoms with Gasteiger partial charge in [-0.15, -0.1) is 0 Å². The Labute approximate surface area is 146 Å². The Balaban J connectivity index is 1.58. The zero-order chi connectivity index (χ0) is 17.2. The van der Waals surface area contributed by atoms with Crippen LogP contribution in [0.2, 0.25) is 0 Å². The van der Waals surface area contributed by atoms with Crippen LogP contribution in [0.25, 0.3) is 0 Å². The van der Waals surface area contributed by atoms with Gasteiger partial charge in [-0.3, -0.25) is 4.90 Å². The highest BCUT2D eigenvalue weighted by Crippen LogP contribution is 2.38. The van der Waals surface area contributed by atoms with E-state index < -0.39 is 0 Å². The van der Waals surface area contributed by atoms with Crippen molar-refractivity contribution >= 4 is 0 Å². The predicted molar refractivity (Wildman–Crippen MR) is 90.9 cm³/mol. The number of hydrogen-bond donors (Lipinski definition) is 0. The summed E-state index contributed by atoms with van der Waals surface area (Å²) in [5.74, 6) is 1.31. The summed E-state index contributed by atoms with van der Waals surface area (Å²) < 4.78 is 25.4. The summed E-state index contributed by atoms with van der Waals surface area (Å²) in [6.45, 7) is 2.56. The Kier molecular flexibility index (Phi) is 4.29. The molecule has 0 saturated carbocycles. The Hall–Kier alpha value is -2.58. The molecule has 4 nitrogen and oxygen atoms in total. The molecule has 0 unspecified atom stereocenters. The number of halogens is 1. The highest BCUT2D eigenvalue weighted by molar-refractivity contribution is 5.45. The smallest absolute Gasteiger partial charge is 0.161 e. The van der Waals surface area contributed by atoms with Gasteiger partial charge in [0.25, 0.3) is 0 Å². The molecule has 1 fully saturated rings. The molecule has 2 aromatic carbocycles. The van der Waals surface area contributed by atoms with Crippen molar-refractivity contribution < 1.29 is 13.9 Å². The van der Waals surface area contributed by atoms with Crippen LogP contribution in [-0.4, -0.2) is 24.7 Å². The predicted octanol–water partition coefficient (Wildman–Crippen LogP) is 3.81. The summed E-state index contributed by atoms with van der Waals surface area (Å²) in [7, 11) is 0. The third-order valence-electron chi connectivity index (χ3n) is 4.86. The van der Waals surface area contributed by atoms with Crippen molar-refractivity contribution in [3.8, 4) is 17.6 Å². The number of fused-ring (bicyclic) bond motifs is 1. The number of hydrogen-bond acceptors (Lipinski definition) is 4. The van der Waals surface area contributed by atoms with Crippen LogP contribution in [-0.2, 0) is 6.54 Å². The lowest BCUT2D eigenvalue weighted by molar-refractivity contribution is 0.170. The van der Waals surface area contributed by atoms with E-state index in [0.29, 0.717) is 30.9 Å². The molecule has 2 aromatic rings. The molecule has 0 N–H and O–H groups in total.